The Morgan fingerprint density at radius 2 is 1.76 bits per heavy atom. The summed E-state index contributed by atoms with van der Waals surface area (Å²) in [5.74, 6) is -4.90. The average molecular weight is 710 g/mol. The average Bonchev–Trinajstić information content (AvgIpc) is 3.76. The van der Waals surface area contributed by atoms with Crippen molar-refractivity contribution in [3.63, 3.8) is 0 Å². The number of carboxylic acid groups (broad SMARTS) is 1. The number of aliphatic carboxylic acids is 1. The zero-order valence-corrected chi connectivity index (χ0v) is 27.2. The van der Waals surface area contributed by atoms with E-state index in [9.17, 15) is 47.0 Å². The minimum atomic E-state index is -2.76. The van der Waals surface area contributed by atoms with Gasteiger partial charge in [0.25, 0.3) is 18.2 Å². The molecule has 5 amide bonds. The number of hydrogen-bond donors (Lipinski definition) is 3. The molecule has 1 aromatic carbocycles. The van der Waals surface area contributed by atoms with Crippen LogP contribution in [0.25, 0.3) is 5.69 Å². The fraction of sp³-hybridized carbons (Fsp3) is 0.516. The highest BCUT2D eigenvalue weighted by Gasteiger charge is 2.35. The molecule has 272 valence electrons. The first-order valence-electron chi connectivity index (χ1n) is 15.9. The van der Waals surface area contributed by atoms with Crippen molar-refractivity contribution in [2.75, 3.05) is 52.5 Å². The van der Waals surface area contributed by atoms with E-state index in [1.807, 2.05) is 0 Å². The van der Waals surface area contributed by atoms with Crippen molar-refractivity contribution in [1.82, 2.24) is 35.1 Å². The maximum absolute atomic E-state index is 14.2. The summed E-state index contributed by atoms with van der Waals surface area (Å²) in [4.78, 5) is 79.9. The van der Waals surface area contributed by atoms with Crippen LogP contribution in [0.4, 0.5) is 18.0 Å². The Kier molecular flexibility index (Phi) is 13.0. The Balaban J connectivity index is 1.50. The number of piperazine rings is 1. The Labute approximate surface area is 284 Å². The predicted molar refractivity (Wildman–Crippen MR) is 166 cm³/mol. The summed E-state index contributed by atoms with van der Waals surface area (Å²) in [6.07, 6.45) is -3.29. The van der Waals surface area contributed by atoms with Gasteiger partial charge in [0, 0.05) is 45.2 Å². The molecular weight excluding hydrogens is 671 g/mol. The number of amides is 5. The van der Waals surface area contributed by atoms with Crippen LogP contribution in [0, 0.1) is 5.82 Å². The van der Waals surface area contributed by atoms with Gasteiger partial charge in [0.15, 0.2) is 12.3 Å². The van der Waals surface area contributed by atoms with E-state index in [-0.39, 0.29) is 69.4 Å². The van der Waals surface area contributed by atoms with Crippen molar-refractivity contribution in [2.45, 2.75) is 51.1 Å². The third-order valence-electron chi connectivity index (χ3n) is 7.98. The minimum Gasteiger partial charge on any atom is -0.481 e. The summed E-state index contributed by atoms with van der Waals surface area (Å²) in [7, 11) is 0. The van der Waals surface area contributed by atoms with E-state index < -0.39 is 79.6 Å². The Morgan fingerprint density at radius 3 is 2.42 bits per heavy atom. The molecule has 3 N–H and O–H groups in total. The summed E-state index contributed by atoms with van der Waals surface area (Å²) >= 11 is 0. The molecule has 3 heterocycles. The topological polar surface area (TPSA) is 193 Å². The van der Waals surface area contributed by atoms with E-state index in [2.05, 4.69) is 15.7 Å². The van der Waals surface area contributed by atoms with Gasteiger partial charge in [0.05, 0.1) is 18.8 Å². The number of benzene rings is 1. The van der Waals surface area contributed by atoms with E-state index in [1.165, 1.54) is 32.9 Å². The van der Waals surface area contributed by atoms with Crippen molar-refractivity contribution >= 4 is 35.7 Å². The van der Waals surface area contributed by atoms with Crippen LogP contribution in [-0.4, -0.2) is 136 Å². The van der Waals surface area contributed by atoms with Crippen LogP contribution in [0.5, 0.6) is 5.88 Å². The number of carbonyl (C=O) groups excluding carboxylic acids is 5. The summed E-state index contributed by atoms with van der Waals surface area (Å²) in [6, 6.07) is 3.95. The summed E-state index contributed by atoms with van der Waals surface area (Å²) in [5.41, 5.74) is -0.211. The van der Waals surface area contributed by atoms with E-state index >= 15 is 0 Å². The highest BCUT2D eigenvalue weighted by atomic mass is 19.3. The lowest BCUT2D eigenvalue weighted by molar-refractivity contribution is -0.140. The fourth-order valence-corrected chi connectivity index (χ4v) is 5.52. The number of nitrogens with zero attached hydrogens (tertiary/aromatic N) is 5. The second-order valence-corrected chi connectivity index (χ2v) is 11.4. The van der Waals surface area contributed by atoms with Crippen molar-refractivity contribution in [2.24, 2.45) is 0 Å². The van der Waals surface area contributed by atoms with Gasteiger partial charge in [-0.1, -0.05) is 6.07 Å². The number of rotatable bonds is 14. The quantitative estimate of drug-likeness (QED) is 0.255. The summed E-state index contributed by atoms with van der Waals surface area (Å²) in [5, 5.41) is 18.1. The molecule has 0 radical (unpaired) electrons. The van der Waals surface area contributed by atoms with E-state index in [1.54, 1.807) is 6.92 Å². The lowest BCUT2D eigenvalue weighted by atomic mass is 10.1. The molecule has 0 aliphatic carbocycles. The molecular formula is C31H38F3N7O9. The molecule has 2 fully saturated rings. The first-order valence-corrected chi connectivity index (χ1v) is 15.9. The molecule has 19 heteroatoms. The van der Waals surface area contributed by atoms with Crippen LogP contribution >= 0.6 is 0 Å². The molecule has 2 aromatic rings. The third-order valence-corrected chi connectivity index (χ3v) is 7.98. The SMILES string of the molecule is CCOC(=O)N1CCN(C(=O)C(CCC(=O)O)NC(=O)c2cc(OCC(=O)N3CCCC3C(=O)NCC(F)F)n(-c3cccc(F)c3)n2)CC1. The van der Waals surface area contributed by atoms with Crippen LogP contribution < -0.4 is 15.4 Å². The molecule has 50 heavy (non-hydrogen) atoms. The van der Waals surface area contributed by atoms with Gasteiger partial charge in [-0.15, -0.1) is 0 Å². The molecule has 2 unspecified atom stereocenters. The highest BCUT2D eigenvalue weighted by Crippen LogP contribution is 2.23. The molecule has 0 spiro atoms. The first-order chi connectivity index (χ1) is 23.9. The van der Waals surface area contributed by atoms with Gasteiger partial charge in [0.2, 0.25) is 17.7 Å². The van der Waals surface area contributed by atoms with Gasteiger partial charge in [-0.25, -0.2) is 22.6 Å². The largest absolute Gasteiger partial charge is 0.481 e. The molecule has 4 rings (SSSR count). The number of hydrogen-bond acceptors (Lipinski definition) is 9. The van der Waals surface area contributed by atoms with Gasteiger partial charge in [0.1, 0.15) is 17.9 Å². The standard InChI is InChI=1S/C31H38F3N7O9/c1-2-49-31(48)39-13-11-38(12-14-39)30(47)21(8-9-27(43)44)36-28(45)22-16-26(41(37-22)20-6-3-5-19(32)15-20)50-18-25(42)40-10-4-7-23(40)29(46)35-17-24(33)34/h3,5-6,15-16,21,23-24H,2,4,7-14,17-18H2,1H3,(H,35,46)(H,36,45)(H,43,44). The maximum Gasteiger partial charge on any atom is 0.409 e. The van der Waals surface area contributed by atoms with Gasteiger partial charge in [-0.3, -0.25) is 24.0 Å². The normalized spacial score (nSPS) is 16.6. The lowest BCUT2D eigenvalue weighted by Crippen LogP contribution is -2.56. The van der Waals surface area contributed by atoms with Crippen LogP contribution in [0.3, 0.4) is 0 Å². The molecule has 0 saturated carbocycles. The van der Waals surface area contributed by atoms with E-state index in [4.69, 9.17) is 9.47 Å². The number of ether oxygens (including phenoxy) is 2. The van der Waals surface area contributed by atoms with Gasteiger partial charge in [-0.2, -0.15) is 5.10 Å². The number of carbonyl (C=O) groups is 6. The van der Waals surface area contributed by atoms with Crippen LogP contribution in [0.2, 0.25) is 0 Å². The van der Waals surface area contributed by atoms with Crippen molar-refractivity contribution < 1.29 is 56.5 Å². The zero-order chi connectivity index (χ0) is 36.4. The number of nitrogens with one attached hydrogen (secondary N) is 2. The monoisotopic (exact) mass is 709 g/mol. The lowest BCUT2D eigenvalue weighted by Gasteiger charge is -2.35. The van der Waals surface area contributed by atoms with Crippen LogP contribution in [-0.2, 0) is 23.9 Å². The minimum absolute atomic E-state index is 0.106. The Bertz CT molecular complexity index is 1570. The highest BCUT2D eigenvalue weighted by molar-refractivity contribution is 5.96. The van der Waals surface area contributed by atoms with Gasteiger partial charge < -0.3 is 39.9 Å². The van der Waals surface area contributed by atoms with Crippen LogP contribution in [0.1, 0.15) is 43.1 Å². The number of aromatic nitrogens is 2. The molecule has 2 saturated heterocycles. The molecule has 2 aliphatic rings. The second-order valence-electron chi connectivity index (χ2n) is 11.4. The molecule has 2 aliphatic heterocycles. The third kappa shape index (κ3) is 9.85. The number of halogens is 3. The van der Waals surface area contributed by atoms with Crippen LogP contribution in [0.15, 0.2) is 30.3 Å². The molecule has 2 atom stereocenters. The molecule has 1 aromatic heterocycles. The summed E-state index contributed by atoms with van der Waals surface area (Å²) < 4.78 is 51.1. The Morgan fingerprint density at radius 1 is 1.04 bits per heavy atom. The van der Waals surface area contributed by atoms with E-state index in [0.29, 0.717) is 6.42 Å². The number of carboxylic acids is 1. The first kappa shape index (κ1) is 37.5. The zero-order valence-electron chi connectivity index (χ0n) is 27.2. The van der Waals surface area contributed by atoms with Gasteiger partial charge in [-0.05, 0) is 44.4 Å². The molecule has 0 bridgehead atoms. The fourth-order valence-electron chi connectivity index (χ4n) is 5.52. The second kappa shape index (κ2) is 17.3. The number of alkyl halides is 2. The maximum atomic E-state index is 14.2. The predicted octanol–water partition coefficient (Wildman–Crippen LogP) is 1.03. The smallest absolute Gasteiger partial charge is 0.409 e. The van der Waals surface area contributed by atoms with E-state index in [0.717, 1.165) is 16.8 Å². The Hall–Kier alpha value is -5.36. The van der Waals surface area contributed by atoms with Crippen molar-refractivity contribution in [3.05, 3.63) is 41.8 Å². The van der Waals surface area contributed by atoms with Gasteiger partial charge >= 0.3 is 12.1 Å². The number of likely N-dealkylation sites (tertiary alicyclic amines) is 1. The van der Waals surface area contributed by atoms with Crippen molar-refractivity contribution in [3.8, 4) is 11.6 Å². The molecule has 16 nitrogen and oxygen atoms in total. The summed E-state index contributed by atoms with van der Waals surface area (Å²) in [6.45, 7) is 1.07. The van der Waals surface area contributed by atoms with Crippen molar-refractivity contribution in [1.29, 1.82) is 0 Å².